The molecule has 3 rings (SSSR count). The molecule has 220 valence electrons. The zero-order chi connectivity index (χ0) is 29.6. The number of unbranched alkanes of at least 4 members (excludes halogenated alkanes) is 7. The molecule has 0 aliphatic rings. The van der Waals surface area contributed by atoms with Crippen molar-refractivity contribution in [3.05, 3.63) is 77.3 Å². The van der Waals surface area contributed by atoms with Gasteiger partial charge in [0, 0.05) is 0 Å². The topological polar surface area (TPSA) is 61.8 Å². The second-order valence-corrected chi connectivity index (χ2v) is 11.4. The monoisotopic (exact) mass is 598 g/mol. The molecule has 1 atom stereocenters. The molecule has 0 spiro atoms. The van der Waals surface area contributed by atoms with E-state index >= 15 is 0 Å². The molecule has 3 aromatic rings. The first kappa shape index (κ1) is 32.5. The lowest BCUT2D eigenvalue weighted by atomic mass is 10.1. The summed E-state index contributed by atoms with van der Waals surface area (Å²) < 4.78 is 16.7. The summed E-state index contributed by atoms with van der Waals surface area (Å²) in [6, 6.07) is 19.6. The van der Waals surface area contributed by atoms with Gasteiger partial charge in [-0.2, -0.15) is 0 Å². The summed E-state index contributed by atoms with van der Waals surface area (Å²) in [5, 5.41) is -0.685. The van der Waals surface area contributed by atoms with Crippen LogP contribution < -0.4 is 14.2 Å². The predicted molar refractivity (Wildman–Crippen MR) is 167 cm³/mol. The van der Waals surface area contributed by atoms with E-state index in [1.54, 1.807) is 12.1 Å². The van der Waals surface area contributed by atoms with Crippen LogP contribution >= 0.6 is 23.2 Å². The van der Waals surface area contributed by atoms with Crippen LogP contribution in [0.1, 0.15) is 82.5 Å². The molecule has 1 unspecified atom stereocenters. The Morgan fingerprint density at radius 2 is 1.29 bits per heavy atom. The molecule has 0 amide bonds. The van der Waals surface area contributed by atoms with Gasteiger partial charge in [-0.3, -0.25) is 4.79 Å². The van der Waals surface area contributed by atoms with Gasteiger partial charge < -0.3 is 14.2 Å². The molecule has 0 aliphatic heterocycles. The number of carbonyl (C=O) groups is 2. The van der Waals surface area contributed by atoms with Gasteiger partial charge in [-0.25, -0.2) is 4.79 Å². The minimum Gasteiger partial charge on any atom is -0.494 e. The summed E-state index contributed by atoms with van der Waals surface area (Å²) in [5.74, 6) is 0.134. The normalized spacial score (nSPS) is 11.8. The lowest BCUT2D eigenvalue weighted by molar-refractivity contribution is -0.134. The molecule has 0 aliphatic carbocycles. The minimum atomic E-state index is -0.797. The number of esters is 2. The maximum Gasteiger partial charge on any atom is 0.343 e. The molecule has 0 saturated heterocycles. The second-order valence-electron chi connectivity index (χ2n) is 10.5. The van der Waals surface area contributed by atoms with Crippen molar-refractivity contribution in [2.45, 2.75) is 77.5 Å². The Kier molecular flexibility index (Phi) is 13.5. The zero-order valence-corrected chi connectivity index (χ0v) is 25.7. The molecule has 41 heavy (non-hydrogen) atoms. The minimum absolute atomic E-state index is 0.0914. The first-order chi connectivity index (χ1) is 19.8. The van der Waals surface area contributed by atoms with Gasteiger partial charge >= 0.3 is 11.9 Å². The lowest BCUT2D eigenvalue weighted by Crippen LogP contribution is -2.25. The summed E-state index contributed by atoms with van der Waals surface area (Å²) >= 11 is 12.3. The van der Waals surface area contributed by atoms with Crippen molar-refractivity contribution in [2.24, 2.45) is 5.92 Å². The van der Waals surface area contributed by atoms with Crippen LogP contribution in [-0.4, -0.2) is 23.9 Å². The molecule has 0 aromatic heterocycles. The van der Waals surface area contributed by atoms with Crippen LogP contribution in [0, 0.1) is 5.92 Å². The van der Waals surface area contributed by atoms with E-state index in [1.807, 2.05) is 50.2 Å². The quantitative estimate of drug-likeness (QED) is 0.0710. The zero-order valence-electron chi connectivity index (χ0n) is 24.2. The van der Waals surface area contributed by atoms with Gasteiger partial charge in [-0.15, -0.1) is 11.6 Å². The first-order valence-electron chi connectivity index (χ1n) is 14.5. The fourth-order valence-corrected chi connectivity index (χ4v) is 4.46. The van der Waals surface area contributed by atoms with Gasteiger partial charge in [0.2, 0.25) is 0 Å². The van der Waals surface area contributed by atoms with Gasteiger partial charge in [0.25, 0.3) is 0 Å². The van der Waals surface area contributed by atoms with E-state index in [9.17, 15) is 9.59 Å². The predicted octanol–water partition coefficient (Wildman–Crippen LogP) is 9.91. The summed E-state index contributed by atoms with van der Waals surface area (Å²) in [4.78, 5) is 24.8. The van der Waals surface area contributed by atoms with Gasteiger partial charge in [0.05, 0.1) is 17.2 Å². The van der Waals surface area contributed by atoms with Gasteiger partial charge in [0.1, 0.15) is 22.6 Å². The molecule has 0 N–H and O–H groups in total. The number of halogens is 2. The van der Waals surface area contributed by atoms with Crippen molar-refractivity contribution in [1.82, 2.24) is 0 Å². The Bertz CT molecular complexity index is 1240. The van der Waals surface area contributed by atoms with Crippen molar-refractivity contribution in [3.8, 4) is 28.4 Å². The maximum atomic E-state index is 12.7. The number of benzene rings is 3. The number of rotatable bonds is 16. The van der Waals surface area contributed by atoms with Gasteiger partial charge in [0.15, 0.2) is 0 Å². The molecule has 0 radical (unpaired) electrons. The third-order valence-corrected chi connectivity index (χ3v) is 7.69. The highest BCUT2D eigenvalue weighted by molar-refractivity contribution is 6.33. The molecule has 0 heterocycles. The summed E-state index contributed by atoms with van der Waals surface area (Å²) in [6.45, 7) is 6.61. The third kappa shape index (κ3) is 10.7. The van der Waals surface area contributed by atoms with E-state index in [0.29, 0.717) is 5.75 Å². The van der Waals surface area contributed by atoms with E-state index in [-0.39, 0.29) is 22.3 Å². The van der Waals surface area contributed by atoms with E-state index < -0.39 is 17.3 Å². The summed E-state index contributed by atoms with van der Waals surface area (Å²) in [5.41, 5.74) is 2.26. The van der Waals surface area contributed by atoms with E-state index in [4.69, 9.17) is 37.4 Å². The summed E-state index contributed by atoms with van der Waals surface area (Å²) in [7, 11) is 0. The molecular weight excluding hydrogens is 559 g/mol. The molecule has 5 nitrogen and oxygen atoms in total. The first-order valence-corrected chi connectivity index (χ1v) is 15.3. The Morgan fingerprint density at radius 3 is 1.85 bits per heavy atom. The standard InChI is InChI=1S/C34H40Cl2O5/c1-4-5-6-7-8-9-10-11-22-39-28-17-12-25(13-18-28)26-14-19-29(20-15-26)40-33(37)27-16-21-31(30(35)23-27)41-34(38)32(36)24(2)3/h12-21,23-24,32H,4-11,22H2,1-3H3. The smallest absolute Gasteiger partial charge is 0.343 e. The van der Waals surface area contributed by atoms with Crippen LogP contribution in [0.2, 0.25) is 5.02 Å². The highest BCUT2D eigenvalue weighted by atomic mass is 35.5. The number of hydrogen-bond acceptors (Lipinski definition) is 5. The average Bonchev–Trinajstić information content (AvgIpc) is 2.97. The van der Waals surface area contributed by atoms with Crippen molar-refractivity contribution >= 4 is 35.1 Å². The number of alkyl halides is 1. The van der Waals surface area contributed by atoms with Crippen LogP contribution in [0.3, 0.4) is 0 Å². The van der Waals surface area contributed by atoms with E-state index in [2.05, 4.69) is 6.92 Å². The Morgan fingerprint density at radius 1 is 0.732 bits per heavy atom. The second kappa shape index (κ2) is 17.1. The molecule has 0 fully saturated rings. The number of ether oxygens (including phenoxy) is 3. The number of hydrogen-bond donors (Lipinski definition) is 0. The van der Waals surface area contributed by atoms with Crippen LogP contribution in [0.5, 0.6) is 17.2 Å². The van der Waals surface area contributed by atoms with Crippen molar-refractivity contribution < 1.29 is 23.8 Å². The number of carbonyl (C=O) groups excluding carboxylic acids is 2. The Labute approximate surface area is 254 Å². The van der Waals surface area contributed by atoms with Gasteiger partial charge in [-0.1, -0.05) is 102 Å². The Hall–Kier alpha value is -3.02. The lowest BCUT2D eigenvalue weighted by Gasteiger charge is -2.13. The highest BCUT2D eigenvalue weighted by Crippen LogP contribution is 2.29. The molecule has 0 bridgehead atoms. The Balaban J connectivity index is 1.46. The largest absolute Gasteiger partial charge is 0.494 e. The fourth-order valence-electron chi connectivity index (χ4n) is 4.20. The SMILES string of the molecule is CCCCCCCCCCOc1ccc(-c2ccc(OC(=O)c3ccc(OC(=O)C(Cl)C(C)C)c(Cl)c3)cc2)cc1. The van der Waals surface area contributed by atoms with E-state index in [1.165, 1.54) is 63.1 Å². The highest BCUT2D eigenvalue weighted by Gasteiger charge is 2.23. The van der Waals surface area contributed by atoms with Gasteiger partial charge in [-0.05, 0) is 65.9 Å². The maximum absolute atomic E-state index is 12.7. The molecule has 0 saturated carbocycles. The fraction of sp³-hybridized carbons (Fsp3) is 0.412. The van der Waals surface area contributed by atoms with E-state index in [0.717, 1.165) is 29.9 Å². The summed E-state index contributed by atoms with van der Waals surface area (Å²) in [6.07, 6.45) is 10.2. The van der Waals surface area contributed by atoms with Crippen molar-refractivity contribution in [2.75, 3.05) is 6.61 Å². The van der Waals surface area contributed by atoms with Crippen molar-refractivity contribution in [3.63, 3.8) is 0 Å². The van der Waals surface area contributed by atoms with Crippen molar-refractivity contribution in [1.29, 1.82) is 0 Å². The molecule has 3 aromatic carbocycles. The molecular formula is C34H40Cl2O5. The third-order valence-electron chi connectivity index (χ3n) is 6.71. The van der Waals surface area contributed by atoms with Crippen LogP contribution in [0.4, 0.5) is 0 Å². The van der Waals surface area contributed by atoms with Crippen LogP contribution in [0.25, 0.3) is 11.1 Å². The van der Waals surface area contributed by atoms with Crippen LogP contribution in [0.15, 0.2) is 66.7 Å². The average molecular weight is 600 g/mol. The van der Waals surface area contributed by atoms with Crippen LogP contribution in [-0.2, 0) is 4.79 Å². The molecule has 7 heteroatoms.